The summed E-state index contributed by atoms with van der Waals surface area (Å²) >= 11 is 0. The number of hydrogen-bond acceptors (Lipinski definition) is 7. The second-order valence-electron chi connectivity index (χ2n) is 6.48. The van der Waals surface area contributed by atoms with Gasteiger partial charge < -0.3 is 14.5 Å². The Labute approximate surface area is 162 Å². The van der Waals surface area contributed by atoms with E-state index in [-0.39, 0.29) is 5.91 Å². The van der Waals surface area contributed by atoms with Crippen LogP contribution in [0.2, 0.25) is 0 Å². The second kappa shape index (κ2) is 7.79. The van der Waals surface area contributed by atoms with E-state index in [0.717, 1.165) is 11.5 Å². The zero-order valence-electron chi connectivity index (χ0n) is 16.1. The van der Waals surface area contributed by atoms with Crippen molar-refractivity contribution in [3.63, 3.8) is 0 Å². The van der Waals surface area contributed by atoms with Gasteiger partial charge in [-0.25, -0.2) is 14.6 Å². The summed E-state index contributed by atoms with van der Waals surface area (Å²) in [5, 5.41) is 8.39. The predicted molar refractivity (Wildman–Crippen MR) is 105 cm³/mol. The van der Waals surface area contributed by atoms with Gasteiger partial charge in [-0.3, -0.25) is 4.79 Å². The van der Waals surface area contributed by atoms with E-state index in [1.54, 1.807) is 11.0 Å². The molecule has 1 fully saturated rings. The lowest BCUT2D eigenvalue weighted by atomic mass is 10.1. The Morgan fingerprint density at radius 1 is 1.11 bits per heavy atom. The molecule has 9 nitrogen and oxygen atoms in total. The number of fused-ring (bicyclic) bond motifs is 1. The molecule has 0 N–H and O–H groups in total. The molecule has 0 spiro atoms. The first-order valence-electron chi connectivity index (χ1n) is 9.53. The third-order valence-corrected chi connectivity index (χ3v) is 4.86. The lowest BCUT2D eigenvalue weighted by Gasteiger charge is -2.35. The highest BCUT2D eigenvalue weighted by molar-refractivity contribution is 5.97. The van der Waals surface area contributed by atoms with Crippen LogP contribution in [0.3, 0.4) is 0 Å². The van der Waals surface area contributed by atoms with Crippen molar-refractivity contribution >= 4 is 22.9 Å². The normalized spacial score (nSPS) is 14.5. The Bertz CT molecular complexity index is 979. The first kappa shape index (κ1) is 18.1. The molecule has 2 aromatic heterocycles. The van der Waals surface area contributed by atoms with Crippen LogP contribution < -0.4 is 9.64 Å². The van der Waals surface area contributed by atoms with E-state index >= 15 is 0 Å². The van der Waals surface area contributed by atoms with E-state index in [1.165, 1.54) is 0 Å². The molecular weight excluding hydrogens is 358 g/mol. The number of aromatic nitrogens is 5. The van der Waals surface area contributed by atoms with Crippen LogP contribution in [0.1, 0.15) is 24.2 Å². The first-order valence-corrected chi connectivity index (χ1v) is 9.53. The number of para-hydroxylation sites is 1. The van der Waals surface area contributed by atoms with E-state index in [0.29, 0.717) is 56.2 Å². The average molecular weight is 381 g/mol. The van der Waals surface area contributed by atoms with Gasteiger partial charge in [0.2, 0.25) is 0 Å². The van der Waals surface area contributed by atoms with Crippen molar-refractivity contribution in [1.82, 2.24) is 29.9 Å². The highest BCUT2D eigenvalue weighted by Crippen LogP contribution is 2.24. The van der Waals surface area contributed by atoms with E-state index in [2.05, 4.69) is 25.2 Å². The molecule has 3 heterocycles. The molecule has 28 heavy (non-hydrogen) atoms. The van der Waals surface area contributed by atoms with Gasteiger partial charge in [0.25, 0.3) is 5.91 Å². The molecule has 0 radical (unpaired) electrons. The third-order valence-electron chi connectivity index (χ3n) is 4.86. The van der Waals surface area contributed by atoms with E-state index < -0.39 is 0 Å². The van der Waals surface area contributed by atoms with Gasteiger partial charge in [0.1, 0.15) is 12.1 Å². The van der Waals surface area contributed by atoms with Gasteiger partial charge in [-0.05, 0) is 26.0 Å². The van der Waals surface area contributed by atoms with E-state index in [9.17, 15) is 4.79 Å². The van der Waals surface area contributed by atoms with Gasteiger partial charge in [-0.2, -0.15) is 0 Å². The number of ether oxygens (including phenoxy) is 1. The summed E-state index contributed by atoms with van der Waals surface area (Å²) in [6.45, 7) is 7.70. The van der Waals surface area contributed by atoms with Crippen LogP contribution in [-0.2, 0) is 6.54 Å². The fraction of sp³-hybridized carbons (Fsp3) is 0.421. The van der Waals surface area contributed by atoms with Crippen LogP contribution in [0.15, 0.2) is 30.6 Å². The number of anilines is 1. The van der Waals surface area contributed by atoms with Gasteiger partial charge in [0.05, 0.1) is 12.2 Å². The van der Waals surface area contributed by atoms with Crippen LogP contribution in [0.25, 0.3) is 11.2 Å². The number of hydrogen-bond donors (Lipinski definition) is 0. The maximum Gasteiger partial charge on any atom is 0.257 e. The van der Waals surface area contributed by atoms with Crippen LogP contribution in [0.5, 0.6) is 5.75 Å². The van der Waals surface area contributed by atoms with Crippen molar-refractivity contribution in [2.75, 3.05) is 37.7 Å². The number of rotatable bonds is 5. The number of aryl methyl sites for hydroxylation is 1. The standard InChI is InChI=1S/C19H23N7O2/c1-3-26-18-16(22-23-26)17(20-13-21-18)24-9-11-25(12-10-24)19(27)14-7-5-6-8-15(14)28-4-2/h5-8,13H,3-4,9-12H2,1-2H3. The molecule has 3 aromatic rings. The Morgan fingerprint density at radius 3 is 2.64 bits per heavy atom. The smallest absolute Gasteiger partial charge is 0.257 e. The first-order chi connectivity index (χ1) is 13.7. The Hall–Kier alpha value is -3.23. The maximum atomic E-state index is 13.0. The van der Waals surface area contributed by atoms with Crippen LogP contribution in [0.4, 0.5) is 5.82 Å². The number of carbonyl (C=O) groups excluding carboxylic acids is 1. The van der Waals surface area contributed by atoms with Gasteiger partial charge in [-0.15, -0.1) is 5.10 Å². The summed E-state index contributed by atoms with van der Waals surface area (Å²) in [5.74, 6) is 1.39. The lowest BCUT2D eigenvalue weighted by Crippen LogP contribution is -2.49. The summed E-state index contributed by atoms with van der Waals surface area (Å²) in [7, 11) is 0. The molecule has 0 atom stereocenters. The number of carbonyl (C=O) groups is 1. The second-order valence-corrected chi connectivity index (χ2v) is 6.48. The fourth-order valence-electron chi connectivity index (χ4n) is 3.44. The highest BCUT2D eigenvalue weighted by atomic mass is 16.5. The van der Waals surface area contributed by atoms with Gasteiger partial charge in [0.15, 0.2) is 17.0 Å². The predicted octanol–water partition coefficient (Wildman–Crippen LogP) is 1.60. The lowest BCUT2D eigenvalue weighted by molar-refractivity contribution is 0.0742. The van der Waals surface area contributed by atoms with Crippen molar-refractivity contribution in [2.45, 2.75) is 20.4 Å². The zero-order valence-corrected chi connectivity index (χ0v) is 16.1. The van der Waals surface area contributed by atoms with Crippen molar-refractivity contribution in [1.29, 1.82) is 0 Å². The summed E-state index contributed by atoms with van der Waals surface area (Å²) < 4.78 is 7.36. The third kappa shape index (κ3) is 3.23. The van der Waals surface area contributed by atoms with E-state index in [4.69, 9.17) is 4.74 Å². The van der Waals surface area contributed by atoms with Gasteiger partial charge >= 0.3 is 0 Å². The summed E-state index contributed by atoms with van der Waals surface area (Å²) in [6, 6.07) is 7.39. The quantitative estimate of drug-likeness (QED) is 0.663. The summed E-state index contributed by atoms with van der Waals surface area (Å²) in [5.41, 5.74) is 2.04. The average Bonchev–Trinajstić information content (AvgIpc) is 3.17. The van der Waals surface area contributed by atoms with Crippen LogP contribution >= 0.6 is 0 Å². The highest BCUT2D eigenvalue weighted by Gasteiger charge is 2.26. The molecule has 1 saturated heterocycles. The molecule has 1 aliphatic heterocycles. The van der Waals surface area contributed by atoms with Gasteiger partial charge in [0, 0.05) is 32.7 Å². The monoisotopic (exact) mass is 381 g/mol. The van der Waals surface area contributed by atoms with Crippen molar-refractivity contribution < 1.29 is 9.53 Å². The zero-order chi connectivity index (χ0) is 19.5. The largest absolute Gasteiger partial charge is 0.493 e. The topological polar surface area (TPSA) is 89.3 Å². The maximum absolute atomic E-state index is 13.0. The van der Waals surface area contributed by atoms with Crippen LogP contribution in [-0.4, -0.2) is 68.6 Å². The number of nitrogens with zero attached hydrogens (tertiary/aromatic N) is 7. The van der Waals surface area contributed by atoms with Crippen LogP contribution in [0, 0.1) is 0 Å². The molecule has 1 aromatic carbocycles. The number of piperazine rings is 1. The molecule has 1 aliphatic rings. The molecule has 0 bridgehead atoms. The Morgan fingerprint density at radius 2 is 1.89 bits per heavy atom. The van der Waals surface area contributed by atoms with Gasteiger partial charge in [-0.1, -0.05) is 17.3 Å². The number of benzene rings is 1. The molecule has 0 saturated carbocycles. The minimum atomic E-state index is -0.00605. The molecule has 1 amide bonds. The molecule has 146 valence electrons. The number of amides is 1. The minimum Gasteiger partial charge on any atom is -0.493 e. The molecule has 0 unspecified atom stereocenters. The molecule has 4 rings (SSSR count). The summed E-state index contributed by atoms with van der Waals surface area (Å²) in [4.78, 5) is 25.7. The van der Waals surface area contributed by atoms with E-state index in [1.807, 2.05) is 43.0 Å². The molecule has 9 heteroatoms. The van der Waals surface area contributed by atoms with Crippen molar-refractivity contribution in [3.8, 4) is 5.75 Å². The summed E-state index contributed by atoms with van der Waals surface area (Å²) in [6.07, 6.45) is 1.54. The minimum absolute atomic E-state index is 0.00605. The SMILES string of the molecule is CCOc1ccccc1C(=O)N1CCN(c2ncnc3c2nnn3CC)CC1. The molecule has 0 aliphatic carbocycles. The van der Waals surface area contributed by atoms with Crippen molar-refractivity contribution in [3.05, 3.63) is 36.2 Å². The molecular formula is C19H23N7O2. The fourth-order valence-corrected chi connectivity index (χ4v) is 3.44. The van der Waals surface area contributed by atoms with Crippen molar-refractivity contribution in [2.24, 2.45) is 0 Å². The Balaban J connectivity index is 1.50. The Kier molecular flexibility index (Phi) is 5.05.